The first-order chi connectivity index (χ1) is 3.15. The van der Waals surface area contributed by atoms with Crippen LogP contribution in [0, 0.1) is 0 Å². The van der Waals surface area contributed by atoms with E-state index in [0.29, 0.717) is 0 Å². The Balaban J connectivity index is -0.0000000575. The molecule has 0 aromatic carbocycles. The SMILES string of the molecule is O=C(O)O.O=[SH2]=O.[KH]. The second-order valence-corrected chi connectivity index (χ2v) is 0.533. The zero-order valence-electron chi connectivity index (χ0n) is 3.12. The van der Waals surface area contributed by atoms with Gasteiger partial charge >= 0.3 is 57.5 Å². The first kappa shape index (κ1) is 15.9. The van der Waals surface area contributed by atoms with Crippen LogP contribution < -0.4 is 0 Å². The van der Waals surface area contributed by atoms with Gasteiger partial charge in [-0.2, -0.15) is 0 Å². The third-order valence-electron chi connectivity index (χ3n) is 0. The maximum atomic E-state index is 8.56. The first-order valence-electron chi connectivity index (χ1n) is 1.06. The molecule has 0 amide bonds. The molecular formula is CH5KO5S. The Bertz CT molecular complexity index is 80.4. The van der Waals surface area contributed by atoms with Crippen molar-refractivity contribution < 1.29 is 23.4 Å². The number of hydrogen-bond acceptors (Lipinski definition) is 3. The zero-order valence-corrected chi connectivity index (χ0v) is 4.12. The predicted octanol–water partition coefficient (Wildman–Crippen LogP) is -1.63. The van der Waals surface area contributed by atoms with E-state index in [-0.39, 0.29) is 51.4 Å². The fourth-order valence-electron chi connectivity index (χ4n) is 0. The van der Waals surface area contributed by atoms with Crippen LogP contribution in [0.3, 0.4) is 0 Å². The minimum atomic E-state index is -1.83. The van der Waals surface area contributed by atoms with Crippen LogP contribution in [0.5, 0.6) is 0 Å². The van der Waals surface area contributed by atoms with Crippen LogP contribution in [0.4, 0.5) is 4.79 Å². The van der Waals surface area contributed by atoms with Crippen LogP contribution in [0.25, 0.3) is 0 Å². The number of rotatable bonds is 0. The molecule has 0 aliphatic heterocycles. The van der Waals surface area contributed by atoms with Gasteiger partial charge in [-0.25, -0.2) is 13.2 Å². The summed E-state index contributed by atoms with van der Waals surface area (Å²) in [5.74, 6) is 0. The second kappa shape index (κ2) is 15.7. The summed E-state index contributed by atoms with van der Waals surface area (Å²) >= 11 is -1.42. The van der Waals surface area contributed by atoms with Crippen LogP contribution in [0.2, 0.25) is 0 Å². The molecule has 0 radical (unpaired) electrons. The number of hydrogen-bond donors (Lipinski definition) is 2. The van der Waals surface area contributed by atoms with Gasteiger partial charge in [-0.05, 0) is 0 Å². The Morgan fingerprint density at radius 1 is 1.25 bits per heavy atom. The molecule has 5 nitrogen and oxygen atoms in total. The van der Waals surface area contributed by atoms with Gasteiger partial charge in [0.2, 0.25) is 0 Å². The fraction of sp³-hybridized carbons (Fsp3) is 0. The average molecular weight is 168 g/mol. The molecule has 0 aromatic heterocycles. The molecule has 0 aliphatic rings. The summed E-state index contributed by atoms with van der Waals surface area (Å²) in [6.07, 6.45) is -1.83. The molecule has 0 spiro atoms. The van der Waals surface area contributed by atoms with E-state index in [9.17, 15) is 0 Å². The Labute approximate surface area is 91.1 Å². The van der Waals surface area contributed by atoms with Crippen LogP contribution >= 0.6 is 0 Å². The predicted molar refractivity (Wildman–Crippen MR) is 29.5 cm³/mol. The summed E-state index contributed by atoms with van der Waals surface area (Å²) < 4.78 is 16.8. The molecule has 8 heavy (non-hydrogen) atoms. The average Bonchev–Trinajstić information content (AvgIpc) is 1.33. The van der Waals surface area contributed by atoms with Gasteiger partial charge in [0.25, 0.3) is 0 Å². The Hall–Kier alpha value is 0.856. The summed E-state index contributed by atoms with van der Waals surface area (Å²) in [5, 5.41) is 13.9. The first-order valence-corrected chi connectivity index (χ1v) is 1.88. The van der Waals surface area contributed by atoms with E-state index >= 15 is 0 Å². The second-order valence-electron chi connectivity index (χ2n) is 0.366. The van der Waals surface area contributed by atoms with Crippen molar-refractivity contribution in [1.82, 2.24) is 0 Å². The van der Waals surface area contributed by atoms with Gasteiger partial charge in [-0.1, -0.05) is 0 Å². The van der Waals surface area contributed by atoms with Crippen molar-refractivity contribution in [2.45, 2.75) is 0 Å². The van der Waals surface area contributed by atoms with Crippen LogP contribution in [-0.2, 0) is 11.6 Å². The van der Waals surface area contributed by atoms with Crippen molar-refractivity contribution in [1.29, 1.82) is 0 Å². The molecular weight excluding hydrogens is 163 g/mol. The van der Waals surface area contributed by atoms with E-state index in [4.69, 9.17) is 23.4 Å². The molecule has 0 aliphatic carbocycles. The minimum absolute atomic E-state index is 0. The molecule has 0 atom stereocenters. The van der Waals surface area contributed by atoms with Crippen molar-refractivity contribution in [3.05, 3.63) is 0 Å². The summed E-state index contributed by atoms with van der Waals surface area (Å²) in [4.78, 5) is 8.56. The van der Waals surface area contributed by atoms with Crippen LogP contribution in [0.15, 0.2) is 0 Å². The Kier molecular flexibility index (Phi) is 31.2. The van der Waals surface area contributed by atoms with Crippen LogP contribution in [-0.4, -0.2) is 76.2 Å². The van der Waals surface area contributed by atoms with Gasteiger partial charge < -0.3 is 10.2 Å². The summed E-state index contributed by atoms with van der Waals surface area (Å²) in [7, 11) is 0. The van der Waals surface area contributed by atoms with Gasteiger partial charge in [-0.15, -0.1) is 0 Å². The summed E-state index contributed by atoms with van der Waals surface area (Å²) in [6.45, 7) is 0. The Morgan fingerprint density at radius 3 is 1.25 bits per heavy atom. The van der Waals surface area contributed by atoms with Gasteiger partial charge in [0.15, 0.2) is 0 Å². The van der Waals surface area contributed by atoms with E-state index in [1.165, 1.54) is 0 Å². The molecule has 0 rings (SSSR count). The maximum absolute atomic E-state index is 8.56. The topological polar surface area (TPSA) is 91.7 Å². The van der Waals surface area contributed by atoms with Gasteiger partial charge in [0.1, 0.15) is 11.6 Å². The molecule has 2 N–H and O–H groups in total. The Morgan fingerprint density at radius 2 is 1.25 bits per heavy atom. The summed E-state index contributed by atoms with van der Waals surface area (Å²) in [5.41, 5.74) is 0. The van der Waals surface area contributed by atoms with Crippen LogP contribution in [0.1, 0.15) is 0 Å². The molecule has 0 fully saturated rings. The van der Waals surface area contributed by atoms with Crippen molar-refractivity contribution in [2.75, 3.05) is 0 Å². The molecule has 7 heteroatoms. The monoisotopic (exact) mass is 168 g/mol. The van der Waals surface area contributed by atoms with Crippen molar-refractivity contribution >= 4 is 69.1 Å². The van der Waals surface area contributed by atoms with Crippen molar-refractivity contribution in [2.24, 2.45) is 0 Å². The standard InChI is InChI=1S/CH2O3.K.H2O2S.H/c2-1(3)4;;1-3-2;/h(H2,2,3,4);;3H2;. The fourth-order valence-corrected chi connectivity index (χ4v) is 0. The molecule has 0 aromatic rings. The number of carbonyl (C=O) groups is 1. The zero-order chi connectivity index (χ0) is 6.28. The molecule has 0 unspecified atom stereocenters. The molecule has 46 valence electrons. The van der Waals surface area contributed by atoms with E-state index in [2.05, 4.69) is 0 Å². The van der Waals surface area contributed by atoms with E-state index in [1.54, 1.807) is 0 Å². The third kappa shape index (κ3) is 321. The van der Waals surface area contributed by atoms with Gasteiger partial charge in [0, 0.05) is 0 Å². The van der Waals surface area contributed by atoms with Crippen molar-refractivity contribution in [3.8, 4) is 0 Å². The van der Waals surface area contributed by atoms with Gasteiger partial charge in [-0.3, -0.25) is 0 Å². The molecule has 0 saturated carbocycles. The van der Waals surface area contributed by atoms with Crippen molar-refractivity contribution in [3.63, 3.8) is 0 Å². The third-order valence-corrected chi connectivity index (χ3v) is 0. The number of carboxylic acid groups (broad SMARTS) is 2. The van der Waals surface area contributed by atoms with E-state index in [1.807, 2.05) is 0 Å². The molecule has 0 saturated heterocycles. The van der Waals surface area contributed by atoms with E-state index in [0.717, 1.165) is 0 Å². The quantitative estimate of drug-likeness (QED) is 0.424. The summed E-state index contributed by atoms with van der Waals surface area (Å²) in [6, 6.07) is 0. The molecule has 0 heterocycles. The van der Waals surface area contributed by atoms with E-state index < -0.39 is 17.7 Å². The van der Waals surface area contributed by atoms with Gasteiger partial charge in [0.05, 0.1) is 0 Å². The molecule has 0 bridgehead atoms. The normalized spacial score (nSPS) is 5.00.